The number of carboxylic acids is 1. The van der Waals surface area contributed by atoms with Gasteiger partial charge in [0.05, 0.1) is 18.4 Å². The van der Waals surface area contributed by atoms with Gasteiger partial charge in [-0.3, -0.25) is 24.4 Å². The minimum Gasteiger partial charge on any atom is -0.480 e. The molecule has 2 aliphatic rings. The molecule has 2 saturated heterocycles. The summed E-state index contributed by atoms with van der Waals surface area (Å²) in [6, 6.07) is 16.7. The molecule has 5 rings (SSSR count). The number of urea groups is 1. The number of imide groups is 1. The highest BCUT2D eigenvalue weighted by atomic mass is 16.4. The number of aliphatic carboxylic acids is 1. The number of anilines is 2. The van der Waals surface area contributed by atoms with E-state index in [1.54, 1.807) is 17.0 Å². The number of benzene rings is 2. The second-order valence-electron chi connectivity index (χ2n) is 8.44. The molecule has 0 aliphatic carbocycles. The third-order valence-electron chi connectivity index (χ3n) is 6.47. The molecule has 3 heterocycles. The maximum atomic E-state index is 13.8. The molecule has 2 aromatic carbocycles. The molecule has 34 heavy (non-hydrogen) atoms. The van der Waals surface area contributed by atoms with Gasteiger partial charge in [-0.05, 0) is 36.1 Å². The Bertz CT molecular complexity index is 1210. The predicted molar refractivity (Wildman–Crippen MR) is 125 cm³/mol. The molecule has 1 N–H and O–H groups in total. The Morgan fingerprint density at radius 2 is 1.62 bits per heavy atom. The molecule has 1 spiro atoms. The molecule has 9 heteroatoms. The van der Waals surface area contributed by atoms with Crippen molar-refractivity contribution in [3.05, 3.63) is 73.2 Å². The lowest BCUT2D eigenvalue weighted by Gasteiger charge is -2.41. The Morgan fingerprint density at radius 3 is 2.24 bits per heavy atom. The van der Waals surface area contributed by atoms with Gasteiger partial charge in [-0.15, -0.1) is 0 Å². The second kappa shape index (κ2) is 8.68. The lowest BCUT2D eigenvalue weighted by atomic mass is 9.85. The summed E-state index contributed by atoms with van der Waals surface area (Å²) >= 11 is 0. The first-order valence-electron chi connectivity index (χ1n) is 11.0. The molecule has 3 amide bonds. The molecule has 1 aromatic heterocycles. The number of aromatic nitrogens is 2. The van der Waals surface area contributed by atoms with E-state index >= 15 is 0 Å². The number of nitrogens with zero attached hydrogens (tertiary/aromatic N) is 5. The van der Waals surface area contributed by atoms with E-state index in [1.165, 1.54) is 28.4 Å². The third kappa shape index (κ3) is 3.69. The molecule has 2 aliphatic heterocycles. The van der Waals surface area contributed by atoms with Crippen LogP contribution in [0.2, 0.25) is 0 Å². The number of likely N-dealkylation sites (tertiary alicyclic amines) is 1. The molecule has 2 fully saturated rings. The van der Waals surface area contributed by atoms with E-state index in [9.17, 15) is 14.4 Å². The molecule has 9 nitrogen and oxygen atoms in total. The maximum Gasteiger partial charge on any atom is 0.338 e. The quantitative estimate of drug-likeness (QED) is 0.587. The summed E-state index contributed by atoms with van der Waals surface area (Å²) in [6.07, 6.45) is 5.07. The number of hydrogen-bond donors (Lipinski definition) is 1. The van der Waals surface area contributed by atoms with E-state index in [1.807, 2.05) is 42.5 Å². The topological polar surface area (TPSA) is 107 Å². The fraction of sp³-hybridized carbons (Fsp3) is 0.240. The van der Waals surface area contributed by atoms with Gasteiger partial charge in [-0.25, -0.2) is 14.7 Å². The predicted octanol–water partition coefficient (Wildman–Crippen LogP) is 3.04. The SMILES string of the molecule is O=C(O)CN1CCC2(CC1)C(=O)N(c1ccc(-c3ccccc3)cc1)C(=O)N2c1cnccn1. The summed E-state index contributed by atoms with van der Waals surface area (Å²) in [4.78, 5) is 51.5. The Labute approximate surface area is 196 Å². The van der Waals surface area contributed by atoms with Crippen LogP contribution >= 0.6 is 0 Å². The second-order valence-corrected chi connectivity index (χ2v) is 8.44. The highest BCUT2D eigenvalue weighted by Crippen LogP contribution is 2.41. The van der Waals surface area contributed by atoms with Gasteiger partial charge in [0.1, 0.15) is 5.54 Å². The molecule has 0 radical (unpaired) electrons. The molecular formula is C25H23N5O4. The Kier molecular flexibility index (Phi) is 5.54. The van der Waals surface area contributed by atoms with E-state index in [0.29, 0.717) is 37.4 Å². The van der Waals surface area contributed by atoms with Crippen molar-refractivity contribution in [3.8, 4) is 11.1 Å². The number of carbonyl (C=O) groups is 3. The third-order valence-corrected chi connectivity index (χ3v) is 6.47. The average molecular weight is 457 g/mol. The van der Waals surface area contributed by atoms with Gasteiger partial charge >= 0.3 is 12.0 Å². The first-order chi connectivity index (χ1) is 16.5. The highest BCUT2D eigenvalue weighted by molar-refractivity contribution is 6.30. The molecule has 0 saturated carbocycles. The van der Waals surface area contributed by atoms with Crippen LogP contribution in [0.5, 0.6) is 0 Å². The first-order valence-corrected chi connectivity index (χ1v) is 11.0. The monoisotopic (exact) mass is 457 g/mol. The van der Waals surface area contributed by atoms with E-state index < -0.39 is 17.5 Å². The standard InChI is InChI=1S/C25H23N5O4/c31-22(32)17-28-14-10-25(11-15-28)23(33)29(24(34)30(25)21-16-26-12-13-27-21)20-8-6-19(7-9-20)18-4-2-1-3-5-18/h1-9,12-13,16H,10-11,14-15,17H2,(H,31,32). The molecular weight excluding hydrogens is 434 g/mol. The van der Waals surface area contributed by atoms with Crippen LogP contribution in [-0.4, -0.2) is 63.1 Å². The van der Waals surface area contributed by atoms with Crippen molar-refractivity contribution >= 4 is 29.4 Å². The van der Waals surface area contributed by atoms with Gasteiger partial charge < -0.3 is 5.11 Å². The minimum absolute atomic E-state index is 0.103. The smallest absolute Gasteiger partial charge is 0.338 e. The summed E-state index contributed by atoms with van der Waals surface area (Å²) in [5.74, 6) is -0.947. The van der Waals surface area contributed by atoms with Crippen LogP contribution in [0.15, 0.2) is 73.2 Å². The molecule has 0 bridgehead atoms. The van der Waals surface area contributed by atoms with Crippen molar-refractivity contribution in [2.24, 2.45) is 0 Å². The first kappa shape index (κ1) is 21.7. The number of piperidine rings is 1. The number of amides is 3. The lowest BCUT2D eigenvalue weighted by molar-refractivity contribution is -0.138. The van der Waals surface area contributed by atoms with E-state index in [2.05, 4.69) is 9.97 Å². The number of hydrogen-bond acceptors (Lipinski definition) is 6. The summed E-state index contributed by atoms with van der Waals surface area (Å²) in [5.41, 5.74) is 1.36. The number of carbonyl (C=O) groups excluding carboxylic acids is 2. The molecule has 3 aromatic rings. The lowest BCUT2D eigenvalue weighted by Crippen LogP contribution is -2.57. The summed E-state index contributed by atoms with van der Waals surface area (Å²) < 4.78 is 0. The van der Waals surface area contributed by atoms with Crippen molar-refractivity contribution in [2.75, 3.05) is 29.4 Å². The van der Waals surface area contributed by atoms with E-state index in [-0.39, 0.29) is 12.5 Å². The zero-order valence-electron chi connectivity index (χ0n) is 18.4. The van der Waals surface area contributed by atoms with Crippen LogP contribution in [0.25, 0.3) is 11.1 Å². The van der Waals surface area contributed by atoms with Gasteiger partial charge in [-0.2, -0.15) is 0 Å². The Balaban J connectivity index is 1.49. The van der Waals surface area contributed by atoms with Crippen molar-refractivity contribution in [1.29, 1.82) is 0 Å². The van der Waals surface area contributed by atoms with Crippen molar-refractivity contribution in [2.45, 2.75) is 18.4 Å². The Morgan fingerprint density at radius 1 is 0.941 bits per heavy atom. The normalized spacial score (nSPS) is 18.0. The minimum atomic E-state index is -1.14. The molecule has 0 atom stereocenters. The van der Waals surface area contributed by atoms with Crippen LogP contribution < -0.4 is 9.80 Å². The highest BCUT2D eigenvalue weighted by Gasteiger charge is 2.59. The summed E-state index contributed by atoms with van der Waals surface area (Å²) in [5, 5.41) is 9.14. The van der Waals surface area contributed by atoms with E-state index in [0.717, 1.165) is 11.1 Å². The molecule has 0 unspecified atom stereocenters. The maximum absolute atomic E-state index is 13.8. The van der Waals surface area contributed by atoms with Crippen LogP contribution in [0, 0.1) is 0 Å². The molecule has 172 valence electrons. The fourth-order valence-corrected chi connectivity index (χ4v) is 4.77. The van der Waals surface area contributed by atoms with Crippen molar-refractivity contribution < 1.29 is 19.5 Å². The van der Waals surface area contributed by atoms with Crippen LogP contribution in [0.1, 0.15) is 12.8 Å². The summed E-state index contributed by atoms with van der Waals surface area (Å²) in [6.45, 7) is 0.653. The van der Waals surface area contributed by atoms with Crippen LogP contribution in [0.4, 0.5) is 16.3 Å². The van der Waals surface area contributed by atoms with Crippen molar-refractivity contribution in [1.82, 2.24) is 14.9 Å². The fourth-order valence-electron chi connectivity index (χ4n) is 4.77. The van der Waals surface area contributed by atoms with E-state index in [4.69, 9.17) is 5.11 Å². The Hall–Kier alpha value is -4.11. The van der Waals surface area contributed by atoms with Gasteiger partial charge in [-0.1, -0.05) is 42.5 Å². The van der Waals surface area contributed by atoms with Crippen LogP contribution in [0.3, 0.4) is 0 Å². The van der Waals surface area contributed by atoms with Gasteiger partial charge in [0.2, 0.25) is 0 Å². The van der Waals surface area contributed by atoms with Gasteiger partial charge in [0.25, 0.3) is 5.91 Å². The summed E-state index contributed by atoms with van der Waals surface area (Å²) in [7, 11) is 0. The van der Waals surface area contributed by atoms with Crippen molar-refractivity contribution in [3.63, 3.8) is 0 Å². The van der Waals surface area contributed by atoms with Crippen LogP contribution in [-0.2, 0) is 9.59 Å². The number of rotatable bonds is 5. The zero-order valence-corrected chi connectivity index (χ0v) is 18.4. The number of carboxylic acid groups (broad SMARTS) is 1. The van der Waals surface area contributed by atoms with Gasteiger partial charge in [0.15, 0.2) is 5.82 Å². The van der Waals surface area contributed by atoms with Gasteiger partial charge in [0, 0.05) is 25.5 Å². The zero-order chi connectivity index (χ0) is 23.7. The largest absolute Gasteiger partial charge is 0.480 e. The average Bonchev–Trinajstić information content (AvgIpc) is 3.07.